The number of aryl methyl sites for hydroxylation is 1. The summed E-state index contributed by atoms with van der Waals surface area (Å²) in [7, 11) is 1.89. The molecular formula is C27H31FN6O. The second kappa shape index (κ2) is 8.16. The number of fused-ring (bicyclic) bond motifs is 2. The summed E-state index contributed by atoms with van der Waals surface area (Å²) in [4.78, 5) is 24.6. The fourth-order valence-corrected chi connectivity index (χ4v) is 5.59. The molecule has 0 bridgehead atoms. The highest BCUT2D eigenvalue weighted by atomic mass is 19.1. The zero-order chi connectivity index (χ0) is 24.4. The Morgan fingerprint density at radius 1 is 1.26 bits per heavy atom. The first kappa shape index (κ1) is 22.2. The summed E-state index contributed by atoms with van der Waals surface area (Å²) in [5.41, 5.74) is 9.54. The Morgan fingerprint density at radius 3 is 2.77 bits per heavy atom. The number of halogens is 1. The molecule has 0 radical (unpaired) electrons. The smallest absolute Gasteiger partial charge is 0.257 e. The van der Waals surface area contributed by atoms with E-state index in [4.69, 9.17) is 10.7 Å². The Labute approximate surface area is 203 Å². The fourth-order valence-electron chi connectivity index (χ4n) is 5.59. The largest absolute Gasteiger partial charge is 0.334 e. The molecule has 182 valence electrons. The van der Waals surface area contributed by atoms with Gasteiger partial charge in [-0.05, 0) is 55.9 Å². The molecule has 1 saturated carbocycles. The predicted octanol–water partition coefficient (Wildman–Crippen LogP) is 4.34. The highest BCUT2D eigenvalue weighted by Crippen LogP contribution is 2.36. The van der Waals surface area contributed by atoms with E-state index in [0.29, 0.717) is 23.5 Å². The number of carbonyl (C=O) groups is 1. The predicted molar refractivity (Wildman–Crippen MR) is 134 cm³/mol. The standard InChI is InChI=1S/C27H31FN6O/c1-4-17-14-33(15(2)24(17)29)27(35)19-11-21-22(12-20(19)28)32(3)26(31-21)23-10-18-6-5-9-30-25(18)34(23)13-16-7-8-16/h5-6,9-12,15-17,24H,4,7-8,13-14,29H2,1-3H3. The summed E-state index contributed by atoms with van der Waals surface area (Å²) >= 11 is 0. The molecule has 7 nitrogen and oxygen atoms in total. The first-order valence-electron chi connectivity index (χ1n) is 12.5. The van der Waals surface area contributed by atoms with Crippen LogP contribution in [0.5, 0.6) is 0 Å². The molecule has 0 spiro atoms. The van der Waals surface area contributed by atoms with Gasteiger partial charge in [0.05, 0.1) is 22.3 Å². The lowest BCUT2D eigenvalue weighted by atomic mass is 9.98. The number of aromatic nitrogens is 4. The molecule has 1 aromatic carbocycles. The van der Waals surface area contributed by atoms with E-state index in [0.717, 1.165) is 35.5 Å². The first-order valence-corrected chi connectivity index (χ1v) is 12.5. The molecule has 1 amide bonds. The molecule has 2 aliphatic rings. The van der Waals surface area contributed by atoms with Crippen molar-refractivity contribution in [2.75, 3.05) is 6.54 Å². The molecule has 1 aliphatic heterocycles. The van der Waals surface area contributed by atoms with Crippen LogP contribution in [-0.2, 0) is 13.6 Å². The van der Waals surface area contributed by atoms with Gasteiger partial charge >= 0.3 is 0 Å². The number of nitrogens with two attached hydrogens (primary N) is 1. The van der Waals surface area contributed by atoms with Gasteiger partial charge in [-0.2, -0.15) is 0 Å². The number of likely N-dealkylation sites (tertiary alicyclic amines) is 1. The number of pyridine rings is 1. The van der Waals surface area contributed by atoms with Crippen molar-refractivity contribution in [2.45, 2.75) is 51.7 Å². The number of nitrogens with zero attached hydrogens (tertiary/aromatic N) is 5. The summed E-state index contributed by atoms with van der Waals surface area (Å²) < 4.78 is 19.4. The minimum Gasteiger partial charge on any atom is -0.334 e. The fraction of sp³-hybridized carbons (Fsp3) is 0.444. The van der Waals surface area contributed by atoms with Crippen molar-refractivity contribution in [3.8, 4) is 11.5 Å². The minimum atomic E-state index is -0.530. The lowest BCUT2D eigenvalue weighted by molar-refractivity contribution is 0.0734. The summed E-state index contributed by atoms with van der Waals surface area (Å²) in [6.07, 6.45) is 5.15. The van der Waals surface area contributed by atoms with Crippen LogP contribution in [0.15, 0.2) is 36.5 Å². The maximum Gasteiger partial charge on any atom is 0.257 e. The second-order valence-electron chi connectivity index (χ2n) is 10.3. The van der Waals surface area contributed by atoms with Crippen LogP contribution in [0, 0.1) is 17.7 Å². The maximum absolute atomic E-state index is 15.3. The van der Waals surface area contributed by atoms with Crippen molar-refractivity contribution in [1.29, 1.82) is 0 Å². The number of imidazole rings is 1. The third kappa shape index (κ3) is 3.54. The van der Waals surface area contributed by atoms with Crippen molar-refractivity contribution >= 4 is 28.0 Å². The van der Waals surface area contributed by atoms with E-state index in [-0.39, 0.29) is 29.5 Å². The van der Waals surface area contributed by atoms with E-state index in [1.165, 1.54) is 18.9 Å². The van der Waals surface area contributed by atoms with Crippen molar-refractivity contribution in [1.82, 2.24) is 24.0 Å². The molecule has 3 aromatic heterocycles. The normalized spacial score (nSPS) is 22.5. The zero-order valence-corrected chi connectivity index (χ0v) is 20.4. The Morgan fingerprint density at radius 2 is 2.06 bits per heavy atom. The molecule has 8 heteroatoms. The van der Waals surface area contributed by atoms with Gasteiger partial charge in [0.2, 0.25) is 0 Å². The average molecular weight is 475 g/mol. The molecular weight excluding hydrogens is 443 g/mol. The number of benzene rings is 1. The van der Waals surface area contributed by atoms with Gasteiger partial charge in [-0.1, -0.05) is 13.3 Å². The van der Waals surface area contributed by atoms with E-state index in [1.54, 1.807) is 11.0 Å². The van der Waals surface area contributed by atoms with Crippen molar-refractivity contribution in [3.05, 3.63) is 47.9 Å². The summed E-state index contributed by atoms with van der Waals surface area (Å²) in [5, 5.41) is 1.06. The van der Waals surface area contributed by atoms with Crippen LogP contribution in [0.25, 0.3) is 33.6 Å². The van der Waals surface area contributed by atoms with Crippen LogP contribution in [0.1, 0.15) is 43.5 Å². The number of amides is 1. The van der Waals surface area contributed by atoms with Crippen LogP contribution >= 0.6 is 0 Å². The molecule has 2 fully saturated rings. The Bertz CT molecular complexity index is 1450. The first-order chi connectivity index (χ1) is 16.9. The molecule has 1 aliphatic carbocycles. The van der Waals surface area contributed by atoms with Gasteiger partial charge in [0.1, 0.15) is 11.5 Å². The van der Waals surface area contributed by atoms with Gasteiger partial charge in [-0.15, -0.1) is 0 Å². The van der Waals surface area contributed by atoms with E-state index in [9.17, 15) is 4.79 Å². The highest BCUT2D eigenvalue weighted by Gasteiger charge is 2.39. The summed E-state index contributed by atoms with van der Waals surface area (Å²) in [6, 6.07) is 8.89. The Kier molecular flexibility index (Phi) is 5.18. The average Bonchev–Trinajstić information content (AvgIpc) is 3.44. The third-order valence-corrected chi connectivity index (χ3v) is 8.03. The molecule has 6 rings (SSSR count). The Balaban J connectivity index is 1.43. The van der Waals surface area contributed by atoms with Crippen molar-refractivity contribution < 1.29 is 9.18 Å². The van der Waals surface area contributed by atoms with Gasteiger partial charge in [-0.3, -0.25) is 4.79 Å². The highest BCUT2D eigenvalue weighted by molar-refractivity contribution is 5.98. The quantitative estimate of drug-likeness (QED) is 0.467. The number of rotatable bonds is 5. The number of carbonyl (C=O) groups excluding carboxylic acids is 1. The van der Waals surface area contributed by atoms with Crippen LogP contribution in [-0.4, -0.2) is 48.5 Å². The van der Waals surface area contributed by atoms with Crippen LogP contribution in [0.2, 0.25) is 0 Å². The van der Waals surface area contributed by atoms with Crippen molar-refractivity contribution in [2.24, 2.45) is 24.6 Å². The van der Waals surface area contributed by atoms with E-state index in [1.807, 2.05) is 30.8 Å². The molecule has 35 heavy (non-hydrogen) atoms. The van der Waals surface area contributed by atoms with Crippen LogP contribution in [0.4, 0.5) is 4.39 Å². The third-order valence-electron chi connectivity index (χ3n) is 8.03. The van der Waals surface area contributed by atoms with Gasteiger partial charge in [0, 0.05) is 49.9 Å². The van der Waals surface area contributed by atoms with Gasteiger partial charge in [0.15, 0.2) is 5.82 Å². The number of hydrogen-bond acceptors (Lipinski definition) is 4. The van der Waals surface area contributed by atoms with Gasteiger partial charge in [-0.25, -0.2) is 14.4 Å². The lowest BCUT2D eigenvalue weighted by Crippen LogP contribution is -2.41. The topological polar surface area (TPSA) is 82.0 Å². The molecule has 4 heterocycles. The summed E-state index contributed by atoms with van der Waals surface area (Å²) in [5.74, 6) is 0.776. The number of hydrogen-bond donors (Lipinski definition) is 1. The molecule has 2 N–H and O–H groups in total. The molecule has 3 atom stereocenters. The Hall–Kier alpha value is -3.26. The maximum atomic E-state index is 15.3. The zero-order valence-electron chi connectivity index (χ0n) is 20.4. The summed E-state index contributed by atoms with van der Waals surface area (Å²) in [6.45, 7) is 5.46. The van der Waals surface area contributed by atoms with Gasteiger partial charge in [0.25, 0.3) is 5.91 Å². The molecule has 3 unspecified atom stereocenters. The monoisotopic (exact) mass is 474 g/mol. The van der Waals surface area contributed by atoms with Crippen molar-refractivity contribution in [3.63, 3.8) is 0 Å². The van der Waals surface area contributed by atoms with E-state index < -0.39 is 5.82 Å². The second-order valence-corrected chi connectivity index (χ2v) is 10.3. The SMILES string of the molecule is CCC1CN(C(=O)c2cc3nc(-c4cc5cccnc5n4CC4CC4)n(C)c3cc2F)C(C)C1N. The van der Waals surface area contributed by atoms with Gasteiger partial charge < -0.3 is 19.8 Å². The van der Waals surface area contributed by atoms with Crippen LogP contribution < -0.4 is 5.73 Å². The van der Waals surface area contributed by atoms with E-state index >= 15 is 4.39 Å². The molecule has 1 saturated heterocycles. The van der Waals surface area contributed by atoms with E-state index in [2.05, 4.69) is 28.6 Å². The minimum absolute atomic E-state index is 0.0538. The lowest BCUT2D eigenvalue weighted by Gasteiger charge is -2.23. The molecule has 4 aromatic rings. The van der Waals surface area contributed by atoms with Crippen LogP contribution in [0.3, 0.4) is 0 Å².